The van der Waals surface area contributed by atoms with E-state index in [-0.39, 0.29) is 12.1 Å². The molecular weight excluding hydrogens is 275 g/mol. The maximum Gasteiger partial charge on any atom is 0.416 e. The van der Waals surface area contributed by atoms with E-state index < -0.39 is 36.0 Å². The highest BCUT2D eigenvalue weighted by atomic mass is 19.4. The Bertz CT molecular complexity index is 500. The number of benzene rings is 1. The summed E-state index contributed by atoms with van der Waals surface area (Å²) in [5, 5.41) is 10.9. The van der Waals surface area contributed by atoms with Crippen LogP contribution in [-0.2, 0) is 22.2 Å². The smallest absolute Gasteiger partial charge is 0.416 e. The number of alkyl halides is 3. The van der Waals surface area contributed by atoms with Crippen molar-refractivity contribution in [2.75, 3.05) is 6.54 Å². The van der Waals surface area contributed by atoms with Crippen LogP contribution in [0.1, 0.15) is 18.1 Å². The molecule has 4 nitrogen and oxygen atoms in total. The summed E-state index contributed by atoms with van der Waals surface area (Å²) in [5.74, 6) is -2.52. The average Bonchev–Trinajstić information content (AvgIpc) is 2.35. The summed E-state index contributed by atoms with van der Waals surface area (Å²) in [6.45, 7) is 1.27. The number of amides is 1. The molecule has 0 aromatic heterocycles. The molecule has 0 unspecified atom stereocenters. The second kappa shape index (κ2) is 6.40. The molecule has 1 aromatic carbocycles. The lowest BCUT2D eigenvalue weighted by Gasteiger charge is -2.13. The number of carboxylic acids is 1. The first-order valence-corrected chi connectivity index (χ1v) is 5.86. The molecule has 7 heteroatoms. The van der Waals surface area contributed by atoms with Crippen LogP contribution in [0.3, 0.4) is 0 Å². The fourth-order valence-corrected chi connectivity index (χ4v) is 1.54. The highest BCUT2D eigenvalue weighted by molar-refractivity contribution is 5.79. The first-order valence-electron chi connectivity index (χ1n) is 5.86. The van der Waals surface area contributed by atoms with E-state index >= 15 is 0 Å². The number of aliphatic carboxylic acids is 1. The zero-order chi connectivity index (χ0) is 15.3. The van der Waals surface area contributed by atoms with Crippen LogP contribution in [-0.4, -0.2) is 23.5 Å². The van der Waals surface area contributed by atoms with Crippen molar-refractivity contribution < 1.29 is 27.9 Å². The Balaban J connectivity index is 2.70. The van der Waals surface area contributed by atoms with E-state index in [1.165, 1.54) is 25.1 Å². The molecule has 1 rings (SSSR count). The van der Waals surface area contributed by atoms with E-state index in [1.807, 2.05) is 0 Å². The van der Waals surface area contributed by atoms with Crippen molar-refractivity contribution in [1.29, 1.82) is 0 Å². The van der Waals surface area contributed by atoms with Gasteiger partial charge in [0.25, 0.3) is 0 Å². The molecule has 0 bridgehead atoms. The van der Waals surface area contributed by atoms with Crippen molar-refractivity contribution >= 4 is 11.9 Å². The molecule has 0 aliphatic rings. The Kier molecular flexibility index (Phi) is 5.12. The number of carbonyl (C=O) groups is 2. The van der Waals surface area contributed by atoms with Gasteiger partial charge in [0.15, 0.2) is 0 Å². The zero-order valence-electron chi connectivity index (χ0n) is 10.7. The standard InChI is InChI=1S/C13H14F3NO3/c1-8(12(19)20)7-17-11(18)6-9-4-2-3-5-10(9)13(14,15)16/h2-5,8H,6-7H2,1H3,(H,17,18)(H,19,20)/t8-/m0/s1. The maximum absolute atomic E-state index is 12.7. The summed E-state index contributed by atoms with van der Waals surface area (Å²) >= 11 is 0. The van der Waals surface area contributed by atoms with Gasteiger partial charge in [0.05, 0.1) is 17.9 Å². The van der Waals surface area contributed by atoms with Gasteiger partial charge in [-0.25, -0.2) is 0 Å². The highest BCUT2D eigenvalue weighted by Crippen LogP contribution is 2.31. The van der Waals surface area contributed by atoms with Crippen LogP contribution >= 0.6 is 0 Å². The van der Waals surface area contributed by atoms with E-state index in [2.05, 4.69) is 5.32 Å². The quantitative estimate of drug-likeness (QED) is 0.872. The average molecular weight is 289 g/mol. The van der Waals surface area contributed by atoms with Gasteiger partial charge in [-0.05, 0) is 11.6 Å². The molecule has 0 saturated carbocycles. The van der Waals surface area contributed by atoms with Crippen LogP contribution in [0.2, 0.25) is 0 Å². The summed E-state index contributed by atoms with van der Waals surface area (Å²) in [5.41, 5.74) is -0.998. The van der Waals surface area contributed by atoms with Gasteiger partial charge in [-0.2, -0.15) is 13.2 Å². The molecule has 1 aromatic rings. The Morgan fingerprint density at radius 3 is 2.45 bits per heavy atom. The predicted molar refractivity (Wildman–Crippen MR) is 65.0 cm³/mol. The van der Waals surface area contributed by atoms with E-state index in [1.54, 1.807) is 0 Å². The minimum Gasteiger partial charge on any atom is -0.481 e. The van der Waals surface area contributed by atoms with Crippen molar-refractivity contribution in [3.05, 3.63) is 35.4 Å². The minimum absolute atomic E-state index is 0.123. The Morgan fingerprint density at radius 2 is 1.90 bits per heavy atom. The predicted octanol–water partition coefficient (Wildman–Crippen LogP) is 2.08. The normalized spacial score (nSPS) is 12.8. The number of nitrogens with one attached hydrogen (secondary N) is 1. The number of carboxylic acid groups (broad SMARTS) is 1. The second-order valence-electron chi connectivity index (χ2n) is 4.38. The van der Waals surface area contributed by atoms with Gasteiger partial charge in [0.1, 0.15) is 0 Å². The fourth-order valence-electron chi connectivity index (χ4n) is 1.54. The van der Waals surface area contributed by atoms with E-state index in [9.17, 15) is 22.8 Å². The lowest BCUT2D eigenvalue weighted by molar-refractivity contribution is -0.141. The minimum atomic E-state index is -4.52. The third kappa shape index (κ3) is 4.56. The second-order valence-corrected chi connectivity index (χ2v) is 4.38. The SMILES string of the molecule is C[C@@H](CNC(=O)Cc1ccccc1C(F)(F)F)C(=O)O. The van der Waals surface area contributed by atoms with Gasteiger partial charge in [-0.15, -0.1) is 0 Å². The van der Waals surface area contributed by atoms with Gasteiger partial charge < -0.3 is 10.4 Å². The molecule has 110 valence electrons. The lowest BCUT2D eigenvalue weighted by Crippen LogP contribution is -2.32. The van der Waals surface area contributed by atoms with Gasteiger partial charge in [0.2, 0.25) is 5.91 Å². The van der Waals surface area contributed by atoms with Crippen LogP contribution in [0.15, 0.2) is 24.3 Å². The summed E-state index contributed by atoms with van der Waals surface area (Å²) < 4.78 is 38.1. The summed E-state index contributed by atoms with van der Waals surface area (Å²) in [6, 6.07) is 4.79. The van der Waals surface area contributed by atoms with E-state index in [4.69, 9.17) is 5.11 Å². The van der Waals surface area contributed by atoms with Crippen LogP contribution in [0.4, 0.5) is 13.2 Å². The third-order valence-electron chi connectivity index (χ3n) is 2.70. The Hall–Kier alpha value is -2.05. The van der Waals surface area contributed by atoms with Crippen LogP contribution in [0.5, 0.6) is 0 Å². The first kappa shape index (κ1) is 16.0. The van der Waals surface area contributed by atoms with Gasteiger partial charge in [-0.3, -0.25) is 9.59 Å². The molecule has 2 N–H and O–H groups in total. The van der Waals surface area contributed by atoms with Gasteiger partial charge >= 0.3 is 12.1 Å². The Morgan fingerprint density at radius 1 is 1.30 bits per heavy atom. The van der Waals surface area contributed by atoms with E-state index in [0.717, 1.165) is 6.07 Å². The van der Waals surface area contributed by atoms with Crippen molar-refractivity contribution in [2.45, 2.75) is 19.5 Å². The maximum atomic E-state index is 12.7. The molecule has 0 fully saturated rings. The van der Waals surface area contributed by atoms with Gasteiger partial charge in [0, 0.05) is 6.54 Å². The fraction of sp³-hybridized carbons (Fsp3) is 0.385. The molecule has 0 saturated heterocycles. The van der Waals surface area contributed by atoms with Crippen molar-refractivity contribution in [3.8, 4) is 0 Å². The molecule has 20 heavy (non-hydrogen) atoms. The van der Waals surface area contributed by atoms with Crippen molar-refractivity contribution in [3.63, 3.8) is 0 Å². The summed E-state index contributed by atoms with van der Waals surface area (Å²) in [6.07, 6.45) is -4.97. The molecular formula is C13H14F3NO3. The van der Waals surface area contributed by atoms with Crippen LogP contribution in [0, 0.1) is 5.92 Å². The largest absolute Gasteiger partial charge is 0.481 e. The van der Waals surface area contributed by atoms with Crippen LogP contribution in [0.25, 0.3) is 0 Å². The molecule has 0 radical (unpaired) electrons. The first-order chi connectivity index (χ1) is 9.21. The topological polar surface area (TPSA) is 66.4 Å². The molecule has 0 aliphatic heterocycles. The molecule has 0 spiro atoms. The number of hydrogen-bond donors (Lipinski definition) is 2. The van der Waals surface area contributed by atoms with Crippen molar-refractivity contribution in [1.82, 2.24) is 5.32 Å². The molecule has 1 atom stereocenters. The number of hydrogen-bond acceptors (Lipinski definition) is 2. The molecule has 1 amide bonds. The number of rotatable bonds is 5. The van der Waals surface area contributed by atoms with Gasteiger partial charge in [-0.1, -0.05) is 25.1 Å². The summed E-state index contributed by atoms with van der Waals surface area (Å²) in [7, 11) is 0. The molecule has 0 aliphatic carbocycles. The van der Waals surface area contributed by atoms with E-state index in [0.29, 0.717) is 0 Å². The van der Waals surface area contributed by atoms with Crippen molar-refractivity contribution in [2.24, 2.45) is 5.92 Å². The van der Waals surface area contributed by atoms with Crippen LogP contribution < -0.4 is 5.32 Å². The highest BCUT2D eigenvalue weighted by Gasteiger charge is 2.33. The summed E-state index contributed by atoms with van der Waals surface area (Å²) in [4.78, 5) is 22.1. The number of carbonyl (C=O) groups excluding carboxylic acids is 1. The third-order valence-corrected chi connectivity index (χ3v) is 2.70. The zero-order valence-corrected chi connectivity index (χ0v) is 10.7. The lowest BCUT2D eigenvalue weighted by atomic mass is 10.0. The number of halogens is 3. The monoisotopic (exact) mass is 289 g/mol. The molecule has 0 heterocycles. The Labute approximate surface area is 113 Å².